The Bertz CT molecular complexity index is 555. The van der Waals surface area contributed by atoms with E-state index in [2.05, 4.69) is 0 Å². The summed E-state index contributed by atoms with van der Waals surface area (Å²) in [5.74, 6) is -0.806. The molecule has 0 aromatic heterocycles. The largest absolute Gasteiger partial charge is 0.463 e. The van der Waals surface area contributed by atoms with Crippen LogP contribution in [0.2, 0.25) is 0 Å². The lowest BCUT2D eigenvalue weighted by Crippen LogP contribution is -2.35. The summed E-state index contributed by atoms with van der Waals surface area (Å²) in [5, 5.41) is 0. The highest BCUT2D eigenvalue weighted by atomic mass is 16.6. The van der Waals surface area contributed by atoms with Crippen LogP contribution in [0.5, 0.6) is 0 Å². The van der Waals surface area contributed by atoms with Crippen LogP contribution in [0, 0.1) is 0 Å². The van der Waals surface area contributed by atoms with E-state index in [0.29, 0.717) is 17.7 Å². The fourth-order valence-electron chi connectivity index (χ4n) is 2.12. The van der Waals surface area contributed by atoms with E-state index < -0.39 is 11.6 Å². The third kappa shape index (κ3) is 2.52. The number of rotatable bonds is 2. The molecule has 0 unspecified atom stereocenters. The minimum absolute atomic E-state index is 0.310. The predicted octanol–water partition coefficient (Wildman–Crippen LogP) is 2.58. The first-order chi connectivity index (χ1) is 8.95. The van der Waals surface area contributed by atoms with Crippen molar-refractivity contribution in [1.29, 1.82) is 0 Å². The molecule has 0 N–H and O–H groups in total. The summed E-state index contributed by atoms with van der Waals surface area (Å²) >= 11 is 0. The number of cyclic esters (lactones) is 1. The van der Waals surface area contributed by atoms with Gasteiger partial charge in [-0.1, -0.05) is 18.2 Å². The quantitative estimate of drug-likeness (QED) is 0.606. The Hall–Kier alpha value is -2.10. The van der Waals surface area contributed by atoms with Gasteiger partial charge in [-0.15, -0.1) is 0 Å². The van der Waals surface area contributed by atoms with Crippen LogP contribution in [0.15, 0.2) is 30.3 Å². The normalized spacial score (nSPS) is 18.7. The molecule has 0 atom stereocenters. The van der Waals surface area contributed by atoms with Gasteiger partial charge in [0.05, 0.1) is 12.2 Å². The second-order valence-corrected chi connectivity index (χ2v) is 4.76. The van der Waals surface area contributed by atoms with E-state index in [1.807, 2.05) is 12.1 Å². The Kier molecular flexibility index (Phi) is 3.42. The molecule has 100 valence electrons. The van der Waals surface area contributed by atoms with Crippen LogP contribution in [0.25, 0.3) is 5.57 Å². The summed E-state index contributed by atoms with van der Waals surface area (Å²) in [5.41, 5.74) is 0.994. The van der Waals surface area contributed by atoms with Crippen molar-refractivity contribution in [3.63, 3.8) is 0 Å². The Morgan fingerprint density at radius 1 is 1.32 bits per heavy atom. The van der Waals surface area contributed by atoms with Crippen molar-refractivity contribution in [2.75, 3.05) is 6.61 Å². The van der Waals surface area contributed by atoms with Gasteiger partial charge in [-0.05, 0) is 32.4 Å². The second-order valence-electron chi connectivity index (χ2n) is 4.76. The zero-order chi connectivity index (χ0) is 14.0. The molecule has 0 amide bonds. The molecule has 2 rings (SSSR count). The number of carbonyl (C=O) groups excluding carboxylic acids is 2. The van der Waals surface area contributed by atoms with E-state index >= 15 is 0 Å². The summed E-state index contributed by atoms with van der Waals surface area (Å²) in [6.45, 7) is 5.57. The lowest BCUT2D eigenvalue weighted by atomic mass is 9.85. The number of fused-ring (bicyclic) bond motifs is 1. The van der Waals surface area contributed by atoms with Crippen molar-refractivity contribution >= 4 is 17.5 Å². The molecule has 1 aromatic carbocycles. The molecule has 1 aromatic rings. The molecule has 0 bridgehead atoms. The monoisotopic (exact) mass is 260 g/mol. The van der Waals surface area contributed by atoms with Crippen molar-refractivity contribution < 1.29 is 19.1 Å². The third-order valence-corrected chi connectivity index (χ3v) is 2.98. The van der Waals surface area contributed by atoms with Gasteiger partial charge in [0.1, 0.15) is 5.60 Å². The first-order valence-electron chi connectivity index (χ1n) is 6.17. The number of hydrogen-bond donors (Lipinski definition) is 0. The number of carbonyl (C=O) groups is 2. The van der Waals surface area contributed by atoms with Crippen molar-refractivity contribution in [2.45, 2.75) is 26.4 Å². The molecular formula is C15H16O4. The van der Waals surface area contributed by atoms with Crippen molar-refractivity contribution in [3.05, 3.63) is 41.5 Å². The van der Waals surface area contributed by atoms with Gasteiger partial charge in [-0.25, -0.2) is 9.59 Å². The standard InChI is InChI=1S/C15H16O4/c1-4-18-13(16)9-12-10-7-5-6-8-11(10)14(17)19-15(12,2)3/h5-9H,4H2,1-3H3/b12-9-. The average molecular weight is 260 g/mol. The molecule has 0 saturated heterocycles. The molecule has 0 fully saturated rings. The lowest BCUT2D eigenvalue weighted by Gasteiger charge is -2.33. The van der Waals surface area contributed by atoms with Gasteiger partial charge in [0.25, 0.3) is 0 Å². The molecule has 19 heavy (non-hydrogen) atoms. The maximum Gasteiger partial charge on any atom is 0.339 e. The van der Waals surface area contributed by atoms with Crippen LogP contribution in [-0.2, 0) is 14.3 Å². The van der Waals surface area contributed by atoms with Crippen LogP contribution < -0.4 is 0 Å². The number of hydrogen-bond acceptors (Lipinski definition) is 4. The highest BCUT2D eigenvalue weighted by Gasteiger charge is 2.37. The van der Waals surface area contributed by atoms with E-state index in [-0.39, 0.29) is 5.97 Å². The van der Waals surface area contributed by atoms with Crippen LogP contribution in [0.1, 0.15) is 36.7 Å². The van der Waals surface area contributed by atoms with Gasteiger partial charge in [0.15, 0.2) is 0 Å². The van der Waals surface area contributed by atoms with Gasteiger partial charge < -0.3 is 9.47 Å². The van der Waals surface area contributed by atoms with Crippen LogP contribution in [-0.4, -0.2) is 24.1 Å². The number of esters is 2. The van der Waals surface area contributed by atoms with Gasteiger partial charge in [0, 0.05) is 11.6 Å². The maximum absolute atomic E-state index is 11.9. The van der Waals surface area contributed by atoms with Crippen molar-refractivity contribution in [3.8, 4) is 0 Å². The minimum Gasteiger partial charge on any atom is -0.463 e. The molecule has 0 spiro atoms. The predicted molar refractivity (Wildman–Crippen MR) is 70.5 cm³/mol. The smallest absolute Gasteiger partial charge is 0.339 e. The van der Waals surface area contributed by atoms with E-state index in [1.165, 1.54) is 6.08 Å². The minimum atomic E-state index is -0.849. The third-order valence-electron chi connectivity index (χ3n) is 2.98. The number of ether oxygens (including phenoxy) is 2. The Balaban J connectivity index is 2.54. The summed E-state index contributed by atoms with van der Waals surface area (Å²) in [4.78, 5) is 23.5. The van der Waals surface area contributed by atoms with E-state index in [0.717, 1.165) is 5.56 Å². The number of benzene rings is 1. The summed E-state index contributed by atoms with van der Waals surface area (Å²) in [6, 6.07) is 7.08. The molecule has 1 heterocycles. The van der Waals surface area contributed by atoms with Crippen LogP contribution in [0.4, 0.5) is 0 Å². The zero-order valence-corrected chi connectivity index (χ0v) is 11.2. The Labute approximate surface area is 112 Å². The Morgan fingerprint density at radius 3 is 2.58 bits per heavy atom. The molecule has 0 aliphatic carbocycles. The molecular weight excluding hydrogens is 244 g/mol. The SMILES string of the molecule is CCOC(=O)/C=C1/c2ccccc2C(=O)OC1(C)C. The summed E-state index contributed by atoms with van der Waals surface area (Å²) in [6.07, 6.45) is 1.40. The van der Waals surface area contributed by atoms with E-state index in [9.17, 15) is 9.59 Å². The lowest BCUT2D eigenvalue weighted by molar-refractivity contribution is -0.137. The maximum atomic E-state index is 11.9. The van der Waals surface area contributed by atoms with E-state index in [1.54, 1.807) is 32.9 Å². The molecule has 1 aliphatic rings. The highest BCUT2D eigenvalue weighted by Crippen LogP contribution is 2.37. The van der Waals surface area contributed by atoms with Crippen molar-refractivity contribution in [1.82, 2.24) is 0 Å². The van der Waals surface area contributed by atoms with Crippen molar-refractivity contribution in [2.24, 2.45) is 0 Å². The van der Waals surface area contributed by atoms with Gasteiger partial charge >= 0.3 is 11.9 Å². The molecule has 0 radical (unpaired) electrons. The molecule has 4 nitrogen and oxygen atoms in total. The first-order valence-corrected chi connectivity index (χ1v) is 6.17. The van der Waals surface area contributed by atoms with E-state index in [4.69, 9.17) is 9.47 Å². The molecule has 4 heteroatoms. The average Bonchev–Trinajstić information content (AvgIpc) is 2.34. The van der Waals surface area contributed by atoms with Gasteiger partial charge in [-0.2, -0.15) is 0 Å². The van der Waals surface area contributed by atoms with Gasteiger partial charge in [-0.3, -0.25) is 0 Å². The Morgan fingerprint density at radius 2 is 1.95 bits per heavy atom. The first kappa shape index (κ1) is 13.3. The molecule has 0 saturated carbocycles. The topological polar surface area (TPSA) is 52.6 Å². The van der Waals surface area contributed by atoms with Crippen LogP contribution >= 0.6 is 0 Å². The fraction of sp³-hybridized carbons (Fsp3) is 0.333. The zero-order valence-electron chi connectivity index (χ0n) is 11.2. The fourth-order valence-corrected chi connectivity index (χ4v) is 2.12. The van der Waals surface area contributed by atoms with Gasteiger partial charge in [0.2, 0.25) is 0 Å². The van der Waals surface area contributed by atoms with Crippen LogP contribution in [0.3, 0.4) is 0 Å². The highest BCUT2D eigenvalue weighted by molar-refractivity contribution is 6.04. The summed E-state index contributed by atoms with van der Waals surface area (Å²) in [7, 11) is 0. The summed E-state index contributed by atoms with van der Waals surface area (Å²) < 4.78 is 10.3. The second kappa shape index (κ2) is 4.88. The molecule has 1 aliphatic heterocycles.